The molecule has 1 aliphatic rings. The highest BCUT2D eigenvalue weighted by Crippen LogP contribution is 2.30. The SMILES string of the molecule is O=C(NNC(=O)c1ccccc1Cl)c1csc(C2CCN(C(=O)Nc3cc(-c4ccccc4)[nH]n3)CC2)n1. The molecule has 1 saturated heterocycles. The van der Waals surface area contributed by atoms with Crippen LogP contribution in [0.4, 0.5) is 10.6 Å². The van der Waals surface area contributed by atoms with Gasteiger partial charge in [-0.1, -0.05) is 54.1 Å². The number of likely N-dealkylation sites (tertiary alicyclic amines) is 1. The van der Waals surface area contributed by atoms with Crippen LogP contribution in [0.5, 0.6) is 0 Å². The molecular formula is C26H24ClN7O3S. The first kappa shape index (κ1) is 25.4. The lowest BCUT2D eigenvalue weighted by Crippen LogP contribution is -2.42. The fraction of sp³-hybridized carbons (Fsp3) is 0.192. The molecule has 3 heterocycles. The van der Waals surface area contributed by atoms with Gasteiger partial charge in [-0.05, 0) is 30.5 Å². The third kappa shape index (κ3) is 5.84. The van der Waals surface area contributed by atoms with Crippen LogP contribution in [-0.2, 0) is 0 Å². The van der Waals surface area contributed by atoms with Crippen LogP contribution in [0.3, 0.4) is 0 Å². The van der Waals surface area contributed by atoms with E-state index in [0.29, 0.717) is 18.9 Å². The zero-order chi connectivity index (χ0) is 26.5. The number of nitrogens with zero attached hydrogens (tertiary/aromatic N) is 3. The second-order valence-corrected chi connectivity index (χ2v) is 9.98. The lowest BCUT2D eigenvalue weighted by Gasteiger charge is -2.30. The normalized spacial score (nSPS) is 13.7. The molecule has 0 saturated carbocycles. The quantitative estimate of drug-likeness (QED) is 0.268. The molecule has 4 aromatic rings. The Balaban J connectivity index is 1.10. The lowest BCUT2D eigenvalue weighted by atomic mass is 9.98. The zero-order valence-corrected chi connectivity index (χ0v) is 21.7. The summed E-state index contributed by atoms with van der Waals surface area (Å²) in [6.07, 6.45) is 1.45. The Morgan fingerprint density at radius 1 is 0.974 bits per heavy atom. The Kier molecular flexibility index (Phi) is 7.66. The first-order valence-electron chi connectivity index (χ1n) is 12.0. The van der Waals surface area contributed by atoms with Crippen molar-refractivity contribution in [3.05, 3.63) is 87.3 Å². The van der Waals surface area contributed by atoms with E-state index in [9.17, 15) is 14.4 Å². The van der Waals surface area contributed by atoms with Crippen LogP contribution in [-0.4, -0.2) is 51.0 Å². The highest BCUT2D eigenvalue weighted by molar-refractivity contribution is 7.09. The van der Waals surface area contributed by atoms with Crippen LogP contribution in [0.25, 0.3) is 11.3 Å². The molecule has 194 valence electrons. The van der Waals surface area contributed by atoms with Gasteiger partial charge < -0.3 is 4.90 Å². The molecule has 4 N–H and O–H groups in total. The average molecular weight is 550 g/mol. The Morgan fingerprint density at radius 2 is 1.68 bits per heavy atom. The lowest BCUT2D eigenvalue weighted by molar-refractivity contribution is 0.0844. The van der Waals surface area contributed by atoms with Crippen LogP contribution in [0.2, 0.25) is 5.02 Å². The van der Waals surface area contributed by atoms with Crippen LogP contribution >= 0.6 is 22.9 Å². The maximum atomic E-state index is 12.8. The van der Waals surface area contributed by atoms with Gasteiger partial charge in [-0.2, -0.15) is 5.10 Å². The molecule has 0 bridgehead atoms. The molecule has 0 radical (unpaired) electrons. The number of halogens is 1. The first-order chi connectivity index (χ1) is 18.5. The minimum atomic E-state index is -0.517. The zero-order valence-electron chi connectivity index (χ0n) is 20.1. The van der Waals surface area contributed by atoms with Crippen LogP contribution in [0.15, 0.2) is 66.0 Å². The predicted molar refractivity (Wildman–Crippen MR) is 145 cm³/mol. The van der Waals surface area contributed by atoms with E-state index in [0.717, 1.165) is 29.1 Å². The second-order valence-electron chi connectivity index (χ2n) is 8.68. The predicted octanol–water partition coefficient (Wildman–Crippen LogP) is 4.67. The Bertz CT molecular complexity index is 1450. The molecule has 0 unspecified atom stereocenters. The van der Waals surface area contributed by atoms with Gasteiger partial charge in [0.05, 0.1) is 21.3 Å². The van der Waals surface area contributed by atoms with E-state index in [4.69, 9.17) is 11.6 Å². The van der Waals surface area contributed by atoms with Gasteiger partial charge in [0, 0.05) is 30.5 Å². The van der Waals surface area contributed by atoms with Crippen molar-refractivity contribution in [3.8, 4) is 11.3 Å². The molecular weight excluding hydrogens is 526 g/mol. The summed E-state index contributed by atoms with van der Waals surface area (Å²) in [7, 11) is 0. The van der Waals surface area contributed by atoms with E-state index >= 15 is 0 Å². The highest BCUT2D eigenvalue weighted by atomic mass is 35.5. The summed E-state index contributed by atoms with van der Waals surface area (Å²) in [6, 6.07) is 17.9. The van der Waals surface area contributed by atoms with Gasteiger partial charge in [-0.3, -0.25) is 30.9 Å². The maximum Gasteiger partial charge on any atom is 0.323 e. The van der Waals surface area contributed by atoms with E-state index in [2.05, 4.69) is 31.3 Å². The monoisotopic (exact) mass is 549 g/mol. The minimum absolute atomic E-state index is 0.137. The maximum absolute atomic E-state index is 12.8. The number of urea groups is 1. The van der Waals surface area contributed by atoms with Crippen molar-refractivity contribution in [1.82, 2.24) is 30.9 Å². The van der Waals surface area contributed by atoms with Crippen molar-refractivity contribution in [3.63, 3.8) is 0 Å². The number of carbonyl (C=O) groups is 3. The number of hydrogen-bond acceptors (Lipinski definition) is 6. The van der Waals surface area contributed by atoms with Gasteiger partial charge in [0.15, 0.2) is 5.82 Å². The summed E-state index contributed by atoms with van der Waals surface area (Å²) in [5.74, 6) is -0.429. The molecule has 10 nitrogen and oxygen atoms in total. The number of carbonyl (C=O) groups excluding carboxylic acids is 3. The summed E-state index contributed by atoms with van der Waals surface area (Å²) >= 11 is 7.41. The van der Waals surface area contributed by atoms with Crippen molar-refractivity contribution in [2.45, 2.75) is 18.8 Å². The number of thiazole rings is 1. The first-order valence-corrected chi connectivity index (χ1v) is 13.2. The molecule has 12 heteroatoms. The molecule has 2 aromatic heterocycles. The van der Waals surface area contributed by atoms with Crippen molar-refractivity contribution < 1.29 is 14.4 Å². The summed E-state index contributed by atoms with van der Waals surface area (Å²) in [6.45, 7) is 1.11. The van der Waals surface area contributed by atoms with E-state index < -0.39 is 11.8 Å². The van der Waals surface area contributed by atoms with Crippen molar-refractivity contribution in [1.29, 1.82) is 0 Å². The minimum Gasteiger partial charge on any atom is -0.324 e. The van der Waals surface area contributed by atoms with Crippen LogP contribution in [0.1, 0.15) is 44.6 Å². The number of nitrogens with one attached hydrogen (secondary N) is 4. The van der Waals surface area contributed by atoms with Gasteiger partial charge in [0.2, 0.25) is 0 Å². The van der Waals surface area contributed by atoms with E-state index in [-0.39, 0.29) is 28.2 Å². The van der Waals surface area contributed by atoms with Crippen molar-refractivity contribution >= 4 is 46.6 Å². The Labute approximate surface area is 227 Å². The van der Waals surface area contributed by atoms with Gasteiger partial charge in [0.25, 0.3) is 11.8 Å². The number of hydrazine groups is 1. The van der Waals surface area contributed by atoms with E-state index in [1.54, 1.807) is 40.6 Å². The molecule has 38 heavy (non-hydrogen) atoms. The van der Waals surface area contributed by atoms with E-state index in [1.165, 1.54) is 11.3 Å². The van der Waals surface area contributed by atoms with Gasteiger partial charge in [0.1, 0.15) is 5.69 Å². The number of piperidine rings is 1. The Morgan fingerprint density at radius 3 is 2.45 bits per heavy atom. The summed E-state index contributed by atoms with van der Waals surface area (Å²) < 4.78 is 0. The molecule has 0 spiro atoms. The summed E-state index contributed by atoms with van der Waals surface area (Å²) in [5.41, 5.74) is 7.02. The Hall–Kier alpha value is -4.22. The molecule has 0 aliphatic carbocycles. The number of hydrogen-bond donors (Lipinski definition) is 4. The number of aromatic nitrogens is 3. The van der Waals surface area contributed by atoms with E-state index in [1.807, 2.05) is 30.3 Å². The van der Waals surface area contributed by atoms with Crippen LogP contribution < -0.4 is 16.2 Å². The number of benzene rings is 2. The molecule has 1 fully saturated rings. The largest absolute Gasteiger partial charge is 0.324 e. The van der Waals surface area contributed by atoms with Gasteiger partial charge in [-0.15, -0.1) is 11.3 Å². The fourth-order valence-corrected chi connectivity index (χ4v) is 5.33. The third-order valence-corrected chi connectivity index (χ3v) is 7.53. The standard InChI is InChI=1S/C26H24ClN7O3S/c27-19-9-5-4-8-18(19)23(35)32-33-24(36)21-15-38-25(28-21)17-10-12-34(13-11-17)26(37)29-22-14-20(30-31-22)16-6-2-1-3-7-16/h1-9,14-15,17H,10-13H2,(H,32,35)(H,33,36)(H2,29,30,31,37). The van der Waals surface area contributed by atoms with Gasteiger partial charge in [-0.25, -0.2) is 9.78 Å². The number of H-pyrrole nitrogens is 1. The second kappa shape index (κ2) is 11.4. The topological polar surface area (TPSA) is 132 Å². The number of aromatic amines is 1. The molecule has 2 aromatic carbocycles. The summed E-state index contributed by atoms with van der Waals surface area (Å²) in [4.78, 5) is 43.7. The highest BCUT2D eigenvalue weighted by Gasteiger charge is 2.27. The molecule has 1 aliphatic heterocycles. The number of anilines is 1. The van der Waals surface area contributed by atoms with Crippen molar-refractivity contribution in [2.75, 3.05) is 18.4 Å². The van der Waals surface area contributed by atoms with Crippen LogP contribution in [0, 0.1) is 0 Å². The molecule has 0 atom stereocenters. The fourth-order valence-electron chi connectivity index (χ4n) is 4.14. The average Bonchev–Trinajstić information content (AvgIpc) is 3.63. The number of rotatable bonds is 5. The smallest absolute Gasteiger partial charge is 0.323 e. The molecule has 4 amide bonds. The van der Waals surface area contributed by atoms with Crippen molar-refractivity contribution in [2.24, 2.45) is 0 Å². The molecule has 5 rings (SSSR count). The third-order valence-electron chi connectivity index (χ3n) is 6.19. The number of amides is 4. The summed E-state index contributed by atoms with van der Waals surface area (Å²) in [5, 5.41) is 12.8. The van der Waals surface area contributed by atoms with Gasteiger partial charge >= 0.3 is 6.03 Å².